The quantitative estimate of drug-likeness (QED) is 0.327. The minimum Gasteiger partial charge on any atom is -0.353 e. The molecular formula is C31H30N8. The van der Waals surface area contributed by atoms with E-state index in [1.165, 1.54) is 17.5 Å². The van der Waals surface area contributed by atoms with Gasteiger partial charge in [0.2, 0.25) is 0 Å². The second-order valence-corrected chi connectivity index (χ2v) is 10.7. The minimum atomic E-state index is 0.549. The van der Waals surface area contributed by atoms with Gasteiger partial charge in [-0.1, -0.05) is 31.2 Å². The molecule has 2 bridgehead atoms. The molecular weight excluding hydrogens is 484 g/mol. The molecule has 0 amide bonds. The number of nitrogens with zero attached hydrogens (tertiary/aromatic N) is 8. The van der Waals surface area contributed by atoms with Crippen LogP contribution in [0, 0.1) is 11.3 Å². The molecule has 0 saturated carbocycles. The maximum absolute atomic E-state index is 9.73. The van der Waals surface area contributed by atoms with Gasteiger partial charge in [-0.25, -0.2) is 9.50 Å². The van der Waals surface area contributed by atoms with E-state index < -0.39 is 0 Å². The summed E-state index contributed by atoms with van der Waals surface area (Å²) < 4.78 is 3.57. The van der Waals surface area contributed by atoms with Crippen LogP contribution in [0.15, 0.2) is 73.4 Å². The summed E-state index contributed by atoms with van der Waals surface area (Å²) in [7, 11) is 1.90. The van der Waals surface area contributed by atoms with Crippen molar-refractivity contribution in [1.29, 1.82) is 5.26 Å². The first-order valence-corrected chi connectivity index (χ1v) is 13.6. The average molecular weight is 515 g/mol. The van der Waals surface area contributed by atoms with Crippen LogP contribution in [-0.4, -0.2) is 54.5 Å². The second kappa shape index (κ2) is 9.37. The van der Waals surface area contributed by atoms with Crippen LogP contribution >= 0.6 is 0 Å². The lowest BCUT2D eigenvalue weighted by Crippen LogP contribution is -2.68. The van der Waals surface area contributed by atoms with E-state index in [9.17, 15) is 5.26 Å². The smallest absolute Gasteiger partial charge is 0.128 e. The van der Waals surface area contributed by atoms with Gasteiger partial charge in [0.15, 0.2) is 0 Å². The van der Waals surface area contributed by atoms with Gasteiger partial charge in [-0.05, 0) is 42.2 Å². The van der Waals surface area contributed by atoms with Crippen molar-refractivity contribution < 1.29 is 0 Å². The molecule has 0 N–H and O–H groups in total. The predicted octanol–water partition coefficient (Wildman–Crippen LogP) is 4.69. The molecule has 7 heterocycles. The Hall–Kier alpha value is -4.48. The number of aryl methyl sites for hydroxylation is 2. The lowest BCUT2D eigenvalue weighted by molar-refractivity contribution is -0.00886. The molecule has 3 aliphatic rings. The maximum Gasteiger partial charge on any atom is 0.128 e. The standard InChI is InChI=1S/C31H30N8/c1-3-21-6-4-5-7-23(21)17-38-27-11-28(38)20-37(19-27)30-9-8-22(13-33-30)29-10-24(26-15-34-36(2)16-26)18-39-31(29)25(12-32)14-35-39/h4-10,13-16,18,27-28H,3,11,17,19-20H2,1-2H3. The molecule has 5 aromatic rings. The largest absolute Gasteiger partial charge is 0.353 e. The van der Waals surface area contributed by atoms with Crippen molar-refractivity contribution >= 4 is 11.3 Å². The van der Waals surface area contributed by atoms with E-state index in [4.69, 9.17) is 4.98 Å². The van der Waals surface area contributed by atoms with E-state index in [-0.39, 0.29) is 0 Å². The zero-order valence-corrected chi connectivity index (χ0v) is 22.2. The minimum absolute atomic E-state index is 0.549. The Kier molecular flexibility index (Phi) is 5.67. The van der Waals surface area contributed by atoms with Crippen LogP contribution in [-0.2, 0) is 20.0 Å². The summed E-state index contributed by atoms with van der Waals surface area (Å²) in [5.41, 5.74) is 8.15. The molecule has 0 radical (unpaired) electrons. The molecule has 8 rings (SSSR count). The Morgan fingerprint density at radius 3 is 2.44 bits per heavy atom. The first kappa shape index (κ1) is 23.6. The topological polar surface area (TPSA) is 78.3 Å². The fraction of sp³-hybridized carbons (Fsp3) is 0.290. The maximum atomic E-state index is 9.73. The van der Waals surface area contributed by atoms with E-state index in [0.717, 1.165) is 59.6 Å². The molecule has 4 aromatic heterocycles. The first-order valence-electron chi connectivity index (χ1n) is 13.6. The Morgan fingerprint density at radius 1 is 0.923 bits per heavy atom. The molecule has 1 aromatic carbocycles. The van der Waals surface area contributed by atoms with E-state index in [1.807, 2.05) is 31.8 Å². The number of aromatic nitrogens is 5. The second-order valence-electron chi connectivity index (χ2n) is 10.7. The summed E-state index contributed by atoms with van der Waals surface area (Å²) in [5.74, 6) is 1.01. The molecule has 3 fully saturated rings. The van der Waals surface area contributed by atoms with Gasteiger partial charge < -0.3 is 4.90 Å². The third kappa shape index (κ3) is 4.06. The third-order valence-corrected chi connectivity index (χ3v) is 8.35. The van der Waals surface area contributed by atoms with Crippen LogP contribution in [0.5, 0.6) is 0 Å². The number of rotatable bonds is 6. The third-order valence-electron chi connectivity index (χ3n) is 8.35. The number of nitriles is 1. The highest BCUT2D eigenvalue weighted by Gasteiger charge is 2.44. The molecule has 0 aliphatic carbocycles. The number of fused-ring (bicyclic) bond motifs is 3. The van der Waals surface area contributed by atoms with Crippen molar-refractivity contribution in [3.8, 4) is 28.3 Å². The highest BCUT2D eigenvalue weighted by molar-refractivity contribution is 5.87. The molecule has 8 heteroatoms. The fourth-order valence-electron chi connectivity index (χ4n) is 6.27. The lowest BCUT2D eigenvalue weighted by Gasteiger charge is -2.57. The number of benzene rings is 1. The van der Waals surface area contributed by atoms with Crippen molar-refractivity contribution in [3.63, 3.8) is 0 Å². The Bertz CT molecular complexity index is 1700. The van der Waals surface area contributed by atoms with Gasteiger partial charge in [0.05, 0.1) is 23.5 Å². The summed E-state index contributed by atoms with van der Waals surface area (Å²) in [6, 6.07) is 18.6. The summed E-state index contributed by atoms with van der Waals surface area (Å²) in [6.07, 6.45) is 11.7. The molecule has 0 spiro atoms. The highest BCUT2D eigenvalue weighted by Crippen LogP contribution is 2.37. The van der Waals surface area contributed by atoms with E-state index in [1.54, 1.807) is 15.4 Å². The molecule has 2 unspecified atom stereocenters. The summed E-state index contributed by atoms with van der Waals surface area (Å²) in [4.78, 5) is 9.99. The number of pyridine rings is 2. The van der Waals surface area contributed by atoms with Gasteiger partial charge in [0.1, 0.15) is 11.9 Å². The van der Waals surface area contributed by atoms with Gasteiger partial charge in [0.25, 0.3) is 0 Å². The van der Waals surface area contributed by atoms with Crippen LogP contribution in [0.25, 0.3) is 27.8 Å². The van der Waals surface area contributed by atoms with Crippen LogP contribution < -0.4 is 4.90 Å². The van der Waals surface area contributed by atoms with Crippen molar-refractivity contribution in [1.82, 2.24) is 29.3 Å². The van der Waals surface area contributed by atoms with Crippen molar-refractivity contribution in [2.75, 3.05) is 18.0 Å². The van der Waals surface area contributed by atoms with E-state index in [2.05, 4.69) is 75.5 Å². The van der Waals surface area contributed by atoms with Crippen LogP contribution in [0.4, 0.5) is 5.82 Å². The van der Waals surface area contributed by atoms with E-state index in [0.29, 0.717) is 17.6 Å². The highest BCUT2D eigenvalue weighted by atomic mass is 15.4. The van der Waals surface area contributed by atoms with E-state index >= 15 is 0 Å². The molecule has 3 saturated heterocycles. The van der Waals surface area contributed by atoms with Crippen LogP contribution in [0.1, 0.15) is 30.0 Å². The van der Waals surface area contributed by atoms with Crippen molar-refractivity contribution in [3.05, 3.63) is 90.1 Å². The SMILES string of the molecule is CCc1ccccc1CN1C2CC1CN(c1ccc(-c3cc(-c4cnn(C)c4)cn4ncc(C#N)c34)cn1)C2. The summed E-state index contributed by atoms with van der Waals surface area (Å²) in [6.45, 7) is 5.27. The Morgan fingerprint density at radius 2 is 1.74 bits per heavy atom. The molecule has 8 nitrogen and oxygen atoms in total. The first-order chi connectivity index (χ1) is 19.1. The number of piperazine rings is 1. The lowest BCUT2D eigenvalue weighted by atomic mass is 9.86. The number of hydrogen-bond donors (Lipinski definition) is 0. The Balaban J connectivity index is 1.14. The summed E-state index contributed by atoms with van der Waals surface area (Å²) in [5, 5.41) is 18.5. The number of anilines is 1. The average Bonchev–Trinajstić information content (AvgIpc) is 3.61. The van der Waals surface area contributed by atoms with Crippen LogP contribution in [0.3, 0.4) is 0 Å². The van der Waals surface area contributed by atoms with Crippen molar-refractivity contribution in [2.24, 2.45) is 7.05 Å². The van der Waals surface area contributed by atoms with Gasteiger partial charge in [-0.15, -0.1) is 0 Å². The molecule has 194 valence electrons. The van der Waals surface area contributed by atoms with Crippen molar-refractivity contribution in [2.45, 2.75) is 38.4 Å². The normalized spacial score (nSPS) is 18.7. The Labute approximate surface area is 227 Å². The summed E-state index contributed by atoms with van der Waals surface area (Å²) >= 11 is 0. The number of piperidine rings is 1. The van der Waals surface area contributed by atoms with Gasteiger partial charge >= 0.3 is 0 Å². The molecule has 39 heavy (non-hydrogen) atoms. The predicted molar refractivity (Wildman–Crippen MR) is 151 cm³/mol. The van der Waals surface area contributed by atoms with Gasteiger partial charge in [-0.3, -0.25) is 9.58 Å². The van der Waals surface area contributed by atoms with Gasteiger partial charge in [-0.2, -0.15) is 15.5 Å². The molecule has 3 aliphatic heterocycles. The zero-order chi connectivity index (χ0) is 26.5. The fourth-order valence-corrected chi connectivity index (χ4v) is 6.27. The monoisotopic (exact) mass is 514 g/mol. The zero-order valence-electron chi connectivity index (χ0n) is 22.2. The number of hydrogen-bond acceptors (Lipinski definition) is 6. The van der Waals surface area contributed by atoms with Gasteiger partial charge in [0, 0.05) is 79.6 Å². The van der Waals surface area contributed by atoms with Crippen LogP contribution in [0.2, 0.25) is 0 Å². The molecule has 2 atom stereocenters.